The van der Waals surface area contributed by atoms with Crippen LogP contribution in [0.15, 0.2) is 30.3 Å². The predicted octanol–water partition coefficient (Wildman–Crippen LogP) is 1.56. The summed E-state index contributed by atoms with van der Waals surface area (Å²) < 4.78 is 0. The van der Waals surface area contributed by atoms with E-state index in [9.17, 15) is 19.5 Å². The number of hydrogen-bond donors (Lipinski definition) is 2. The summed E-state index contributed by atoms with van der Waals surface area (Å²) in [6.07, 6.45) is 2.39. The number of benzene rings is 1. The number of carbonyl (C=O) groups excluding carboxylic acids is 2. The van der Waals surface area contributed by atoms with Crippen LogP contribution in [-0.4, -0.2) is 28.8 Å². The van der Waals surface area contributed by atoms with E-state index in [1.165, 1.54) is 0 Å². The molecule has 5 heteroatoms. The summed E-state index contributed by atoms with van der Waals surface area (Å²) >= 11 is 0. The molecule has 21 heavy (non-hydrogen) atoms. The molecule has 112 valence electrons. The van der Waals surface area contributed by atoms with Crippen LogP contribution < -0.4 is 5.32 Å². The van der Waals surface area contributed by atoms with Gasteiger partial charge in [-0.25, -0.2) is 4.79 Å². The molecule has 1 aliphatic rings. The maximum atomic E-state index is 11.9. The SMILES string of the molecule is O=C(Cc1ccccc1)NC(CC1CCCC1=O)C(=O)O. The third-order valence-electron chi connectivity index (χ3n) is 3.79. The first kappa shape index (κ1) is 15.2. The van der Waals surface area contributed by atoms with Crippen LogP contribution in [0.1, 0.15) is 31.2 Å². The van der Waals surface area contributed by atoms with E-state index in [4.69, 9.17) is 0 Å². The Morgan fingerprint density at radius 1 is 1.29 bits per heavy atom. The van der Waals surface area contributed by atoms with E-state index in [2.05, 4.69) is 5.32 Å². The van der Waals surface area contributed by atoms with Gasteiger partial charge in [0.1, 0.15) is 11.8 Å². The van der Waals surface area contributed by atoms with Crippen molar-refractivity contribution in [3.63, 3.8) is 0 Å². The smallest absolute Gasteiger partial charge is 0.326 e. The molecular formula is C16H19NO4. The summed E-state index contributed by atoms with van der Waals surface area (Å²) in [6, 6.07) is 8.15. The molecule has 1 fully saturated rings. The van der Waals surface area contributed by atoms with Crippen LogP contribution >= 0.6 is 0 Å². The van der Waals surface area contributed by atoms with E-state index in [1.54, 1.807) is 0 Å². The summed E-state index contributed by atoms with van der Waals surface area (Å²) in [7, 11) is 0. The Labute approximate surface area is 123 Å². The fraction of sp³-hybridized carbons (Fsp3) is 0.438. The van der Waals surface area contributed by atoms with Crippen LogP contribution in [0.3, 0.4) is 0 Å². The van der Waals surface area contributed by atoms with Crippen molar-refractivity contribution >= 4 is 17.7 Å². The van der Waals surface area contributed by atoms with Gasteiger partial charge in [0.25, 0.3) is 0 Å². The second kappa shape index (κ2) is 7.02. The molecule has 0 radical (unpaired) electrons. The highest BCUT2D eigenvalue weighted by molar-refractivity contribution is 5.87. The van der Waals surface area contributed by atoms with Gasteiger partial charge in [0.2, 0.25) is 5.91 Å². The van der Waals surface area contributed by atoms with Gasteiger partial charge in [-0.15, -0.1) is 0 Å². The lowest BCUT2D eigenvalue weighted by molar-refractivity contribution is -0.142. The van der Waals surface area contributed by atoms with Crippen LogP contribution in [0.5, 0.6) is 0 Å². The van der Waals surface area contributed by atoms with E-state index in [0.29, 0.717) is 6.42 Å². The third kappa shape index (κ3) is 4.41. The van der Waals surface area contributed by atoms with Gasteiger partial charge in [0.15, 0.2) is 0 Å². The number of carboxylic acids is 1. The molecular weight excluding hydrogens is 270 g/mol. The molecule has 2 atom stereocenters. The second-order valence-electron chi connectivity index (χ2n) is 5.41. The van der Waals surface area contributed by atoms with Gasteiger partial charge in [-0.2, -0.15) is 0 Å². The van der Waals surface area contributed by atoms with Gasteiger partial charge in [-0.3, -0.25) is 9.59 Å². The Balaban J connectivity index is 1.91. The monoisotopic (exact) mass is 289 g/mol. The van der Waals surface area contributed by atoms with Gasteiger partial charge in [-0.05, 0) is 24.8 Å². The number of hydrogen-bond acceptors (Lipinski definition) is 3. The molecule has 0 aromatic heterocycles. The summed E-state index contributed by atoms with van der Waals surface area (Å²) in [6.45, 7) is 0. The summed E-state index contributed by atoms with van der Waals surface area (Å²) in [5.41, 5.74) is 0.830. The number of rotatable bonds is 6. The van der Waals surface area contributed by atoms with Gasteiger partial charge in [0.05, 0.1) is 6.42 Å². The van der Waals surface area contributed by atoms with Gasteiger partial charge in [-0.1, -0.05) is 30.3 Å². The fourth-order valence-corrected chi connectivity index (χ4v) is 2.67. The number of ketones is 1. The number of carbonyl (C=O) groups is 3. The molecule has 2 unspecified atom stereocenters. The Morgan fingerprint density at radius 2 is 2.00 bits per heavy atom. The number of Topliss-reactive ketones (excluding diaryl/α,β-unsaturated/α-hetero) is 1. The number of nitrogens with one attached hydrogen (secondary N) is 1. The van der Waals surface area contributed by atoms with Crippen LogP contribution in [0.4, 0.5) is 0 Å². The highest BCUT2D eigenvalue weighted by Crippen LogP contribution is 2.25. The maximum absolute atomic E-state index is 11.9. The lowest BCUT2D eigenvalue weighted by Crippen LogP contribution is -2.43. The lowest BCUT2D eigenvalue weighted by Gasteiger charge is -2.17. The van der Waals surface area contributed by atoms with Crippen LogP contribution in [0.2, 0.25) is 0 Å². The normalized spacial score (nSPS) is 19.2. The molecule has 1 aromatic carbocycles. The van der Waals surface area contributed by atoms with Gasteiger partial charge < -0.3 is 10.4 Å². The molecule has 1 aromatic rings. The van der Waals surface area contributed by atoms with Crippen molar-refractivity contribution in [3.8, 4) is 0 Å². The van der Waals surface area contributed by atoms with Crippen LogP contribution in [-0.2, 0) is 20.8 Å². The van der Waals surface area contributed by atoms with Crippen LogP contribution in [0.25, 0.3) is 0 Å². The molecule has 1 amide bonds. The molecule has 5 nitrogen and oxygen atoms in total. The van der Waals surface area contributed by atoms with Gasteiger partial charge in [0, 0.05) is 12.3 Å². The van der Waals surface area contributed by atoms with Crippen molar-refractivity contribution in [1.82, 2.24) is 5.32 Å². The highest BCUT2D eigenvalue weighted by Gasteiger charge is 2.31. The largest absolute Gasteiger partial charge is 0.480 e. The first-order valence-electron chi connectivity index (χ1n) is 7.15. The molecule has 2 rings (SSSR count). The van der Waals surface area contributed by atoms with Crippen molar-refractivity contribution in [1.29, 1.82) is 0 Å². The topological polar surface area (TPSA) is 83.5 Å². The number of aliphatic carboxylic acids is 1. The highest BCUT2D eigenvalue weighted by atomic mass is 16.4. The second-order valence-corrected chi connectivity index (χ2v) is 5.41. The Kier molecular flexibility index (Phi) is 5.09. The van der Waals surface area contributed by atoms with Crippen molar-refractivity contribution < 1.29 is 19.5 Å². The van der Waals surface area contributed by atoms with Crippen molar-refractivity contribution in [3.05, 3.63) is 35.9 Å². The van der Waals surface area contributed by atoms with Crippen molar-refractivity contribution in [2.75, 3.05) is 0 Å². The maximum Gasteiger partial charge on any atom is 0.326 e. The van der Waals surface area contributed by atoms with E-state index < -0.39 is 12.0 Å². The lowest BCUT2D eigenvalue weighted by atomic mass is 9.97. The molecule has 0 bridgehead atoms. The molecule has 1 aliphatic carbocycles. The average molecular weight is 289 g/mol. The Bertz CT molecular complexity index is 526. The number of amides is 1. The first-order chi connectivity index (χ1) is 10.1. The van der Waals surface area contributed by atoms with E-state index in [-0.39, 0.29) is 30.4 Å². The molecule has 0 heterocycles. The molecule has 0 saturated heterocycles. The summed E-state index contributed by atoms with van der Waals surface area (Å²) in [5, 5.41) is 11.7. The molecule has 2 N–H and O–H groups in total. The minimum Gasteiger partial charge on any atom is -0.480 e. The fourth-order valence-electron chi connectivity index (χ4n) is 2.67. The zero-order chi connectivity index (χ0) is 15.2. The zero-order valence-corrected chi connectivity index (χ0v) is 11.7. The van der Waals surface area contributed by atoms with E-state index in [0.717, 1.165) is 18.4 Å². The minimum absolute atomic E-state index is 0.110. The van der Waals surface area contributed by atoms with Crippen LogP contribution in [0, 0.1) is 5.92 Å². The van der Waals surface area contributed by atoms with E-state index in [1.807, 2.05) is 30.3 Å². The summed E-state index contributed by atoms with van der Waals surface area (Å²) in [5.74, 6) is -1.54. The first-order valence-corrected chi connectivity index (χ1v) is 7.15. The molecule has 1 saturated carbocycles. The Morgan fingerprint density at radius 3 is 2.57 bits per heavy atom. The Hall–Kier alpha value is -2.17. The standard InChI is InChI=1S/C16H19NO4/c18-14-8-4-7-12(14)10-13(16(20)21)17-15(19)9-11-5-2-1-3-6-11/h1-3,5-6,12-13H,4,7-10H2,(H,17,19)(H,20,21). The zero-order valence-electron chi connectivity index (χ0n) is 11.7. The third-order valence-corrected chi connectivity index (χ3v) is 3.79. The molecule has 0 spiro atoms. The average Bonchev–Trinajstić information content (AvgIpc) is 2.84. The van der Waals surface area contributed by atoms with Crippen molar-refractivity contribution in [2.45, 2.75) is 38.1 Å². The quantitative estimate of drug-likeness (QED) is 0.832. The predicted molar refractivity (Wildman–Crippen MR) is 76.7 cm³/mol. The molecule has 0 aliphatic heterocycles. The number of carboxylic acid groups (broad SMARTS) is 1. The van der Waals surface area contributed by atoms with E-state index >= 15 is 0 Å². The minimum atomic E-state index is -1.09. The summed E-state index contributed by atoms with van der Waals surface area (Å²) in [4.78, 5) is 34.8. The van der Waals surface area contributed by atoms with Crippen molar-refractivity contribution in [2.24, 2.45) is 5.92 Å². The van der Waals surface area contributed by atoms with Gasteiger partial charge >= 0.3 is 5.97 Å².